The van der Waals surface area contributed by atoms with Crippen molar-refractivity contribution in [3.8, 4) is 33.4 Å². The summed E-state index contributed by atoms with van der Waals surface area (Å²) in [5.41, 5.74) is 15.2. The van der Waals surface area contributed by atoms with E-state index < -0.39 is 0 Å². The Balaban J connectivity index is 1.21. The summed E-state index contributed by atoms with van der Waals surface area (Å²) in [5, 5.41) is 4.80. The highest BCUT2D eigenvalue weighted by atomic mass is 32.1. The van der Waals surface area contributed by atoms with Crippen molar-refractivity contribution in [2.45, 2.75) is 19.3 Å². The van der Waals surface area contributed by atoms with Gasteiger partial charge >= 0.3 is 0 Å². The first-order chi connectivity index (χ1) is 26.6. The molecule has 0 amide bonds. The van der Waals surface area contributed by atoms with Crippen LogP contribution in [0.1, 0.15) is 25.0 Å². The molecule has 0 saturated carbocycles. The summed E-state index contributed by atoms with van der Waals surface area (Å²) in [4.78, 5) is 2.51. The van der Waals surface area contributed by atoms with E-state index in [0.717, 1.165) is 50.1 Å². The maximum Gasteiger partial charge on any atom is 0.136 e. The van der Waals surface area contributed by atoms with E-state index in [1.807, 2.05) is 23.5 Å². The second-order valence-corrected chi connectivity index (χ2v) is 15.9. The van der Waals surface area contributed by atoms with E-state index in [4.69, 9.17) is 4.42 Å². The van der Waals surface area contributed by atoms with Crippen LogP contribution < -0.4 is 4.90 Å². The highest BCUT2D eigenvalue weighted by Gasteiger charge is 2.37. The van der Waals surface area contributed by atoms with Crippen LogP contribution in [0, 0.1) is 0 Å². The average molecular weight is 710 g/mol. The highest BCUT2D eigenvalue weighted by Crippen LogP contribution is 2.55. The molecule has 0 spiro atoms. The zero-order valence-corrected chi connectivity index (χ0v) is 30.8. The molecule has 2 heterocycles. The molecule has 3 heteroatoms. The van der Waals surface area contributed by atoms with Gasteiger partial charge in [-0.05, 0) is 81.9 Å². The smallest absolute Gasteiger partial charge is 0.136 e. The lowest BCUT2D eigenvalue weighted by atomic mass is 9.82. The lowest BCUT2D eigenvalue weighted by molar-refractivity contribution is 0.660. The molecule has 0 radical (unpaired) electrons. The van der Waals surface area contributed by atoms with Crippen LogP contribution >= 0.6 is 11.3 Å². The molecule has 0 atom stereocenters. The number of thiophene rings is 1. The Morgan fingerprint density at radius 2 is 1.04 bits per heavy atom. The van der Waals surface area contributed by atoms with Gasteiger partial charge in [-0.25, -0.2) is 0 Å². The molecule has 10 aromatic rings. The van der Waals surface area contributed by atoms with Crippen LogP contribution in [0.15, 0.2) is 180 Å². The zero-order chi connectivity index (χ0) is 36.0. The Morgan fingerprint density at radius 3 is 1.91 bits per heavy atom. The minimum atomic E-state index is -0.0976. The first-order valence-electron chi connectivity index (χ1n) is 18.6. The molecule has 0 aliphatic heterocycles. The van der Waals surface area contributed by atoms with Gasteiger partial charge in [0.25, 0.3) is 0 Å². The second kappa shape index (κ2) is 11.8. The van der Waals surface area contributed by atoms with Gasteiger partial charge in [-0.2, -0.15) is 0 Å². The lowest BCUT2D eigenvalue weighted by Gasteiger charge is -2.31. The van der Waals surface area contributed by atoms with Crippen molar-refractivity contribution in [1.29, 1.82) is 0 Å². The quantitative estimate of drug-likeness (QED) is 0.177. The Labute approximate surface area is 318 Å². The fourth-order valence-corrected chi connectivity index (χ4v) is 10.1. The molecule has 1 aliphatic rings. The predicted octanol–water partition coefficient (Wildman–Crippen LogP) is 15.1. The summed E-state index contributed by atoms with van der Waals surface area (Å²) in [7, 11) is 0. The summed E-state index contributed by atoms with van der Waals surface area (Å²) in [6.45, 7) is 4.72. The minimum absolute atomic E-state index is 0.0976. The van der Waals surface area contributed by atoms with Crippen LogP contribution in [0.25, 0.3) is 75.5 Å². The zero-order valence-electron chi connectivity index (χ0n) is 30.0. The molecule has 2 aromatic heterocycles. The molecular weight excluding hydrogens is 675 g/mol. The summed E-state index contributed by atoms with van der Waals surface area (Å²) in [5.74, 6) is 0. The van der Waals surface area contributed by atoms with Gasteiger partial charge in [-0.15, -0.1) is 11.3 Å². The molecule has 0 fully saturated rings. The molecule has 256 valence electrons. The third-order valence-electron chi connectivity index (χ3n) is 11.5. The van der Waals surface area contributed by atoms with Crippen LogP contribution in [0.2, 0.25) is 0 Å². The van der Waals surface area contributed by atoms with Gasteiger partial charge in [-0.3, -0.25) is 0 Å². The lowest BCUT2D eigenvalue weighted by Crippen LogP contribution is -2.15. The maximum atomic E-state index is 6.43. The number of benzene rings is 8. The molecule has 0 N–H and O–H groups in total. The number of hydrogen-bond donors (Lipinski definition) is 0. The fourth-order valence-electron chi connectivity index (χ4n) is 9.01. The van der Waals surface area contributed by atoms with Crippen molar-refractivity contribution in [1.82, 2.24) is 0 Å². The molecule has 1 aliphatic carbocycles. The average Bonchev–Trinajstić information content (AvgIpc) is 3.86. The summed E-state index contributed by atoms with van der Waals surface area (Å²) >= 11 is 1.86. The van der Waals surface area contributed by atoms with Gasteiger partial charge in [0.15, 0.2) is 0 Å². The van der Waals surface area contributed by atoms with Gasteiger partial charge in [0.1, 0.15) is 11.2 Å². The Kier molecular flexibility index (Phi) is 6.80. The molecule has 0 unspecified atom stereocenters. The first-order valence-corrected chi connectivity index (χ1v) is 19.4. The van der Waals surface area contributed by atoms with E-state index in [9.17, 15) is 0 Å². The van der Waals surface area contributed by atoms with Gasteiger partial charge in [0, 0.05) is 47.5 Å². The third-order valence-corrected chi connectivity index (χ3v) is 12.6. The van der Waals surface area contributed by atoms with E-state index in [2.05, 4.69) is 183 Å². The van der Waals surface area contributed by atoms with Crippen molar-refractivity contribution < 1.29 is 4.42 Å². The van der Waals surface area contributed by atoms with Crippen molar-refractivity contribution in [2.75, 3.05) is 4.90 Å². The van der Waals surface area contributed by atoms with Crippen LogP contribution in [0.4, 0.5) is 17.1 Å². The molecule has 0 bridgehead atoms. The summed E-state index contributed by atoms with van der Waals surface area (Å²) in [6, 6.07) is 64.2. The monoisotopic (exact) mass is 709 g/mol. The number of fused-ring (bicyclic) bond motifs is 9. The number of anilines is 3. The summed E-state index contributed by atoms with van der Waals surface area (Å²) < 4.78 is 8.99. The minimum Gasteiger partial charge on any atom is -0.456 e. The van der Waals surface area contributed by atoms with Gasteiger partial charge in [0.05, 0.1) is 17.1 Å². The number of hydrogen-bond acceptors (Lipinski definition) is 3. The summed E-state index contributed by atoms with van der Waals surface area (Å²) in [6.07, 6.45) is 0. The van der Waals surface area contributed by atoms with Crippen LogP contribution in [-0.4, -0.2) is 0 Å². The van der Waals surface area contributed by atoms with E-state index in [1.165, 1.54) is 53.6 Å². The Bertz CT molecular complexity index is 3110. The molecular formula is C51H35NOS. The van der Waals surface area contributed by atoms with Gasteiger partial charge in [0.2, 0.25) is 0 Å². The van der Waals surface area contributed by atoms with Crippen molar-refractivity contribution >= 4 is 70.5 Å². The van der Waals surface area contributed by atoms with Crippen LogP contribution in [0.5, 0.6) is 0 Å². The van der Waals surface area contributed by atoms with Crippen molar-refractivity contribution in [2.24, 2.45) is 0 Å². The number of furan rings is 1. The first kappa shape index (κ1) is 31.1. The SMILES string of the molecule is CC1(C)c2ccccc2-c2c(-c3ccccc3N(c3ccccc3-c3ccc4c(c3)oc3ccccc34)c3cccc4sc5ccccc5c34)cccc21. The van der Waals surface area contributed by atoms with E-state index in [0.29, 0.717) is 0 Å². The molecule has 54 heavy (non-hydrogen) atoms. The number of rotatable bonds is 5. The third kappa shape index (κ3) is 4.52. The van der Waals surface area contributed by atoms with E-state index >= 15 is 0 Å². The van der Waals surface area contributed by atoms with Gasteiger partial charge < -0.3 is 9.32 Å². The Hall–Kier alpha value is -6.42. The topological polar surface area (TPSA) is 16.4 Å². The van der Waals surface area contributed by atoms with E-state index in [1.54, 1.807) is 0 Å². The van der Waals surface area contributed by atoms with Crippen molar-refractivity contribution in [3.05, 3.63) is 187 Å². The normalized spacial score (nSPS) is 13.1. The van der Waals surface area contributed by atoms with Crippen LogP contribution in [0.3, 0.4) is 0 Å². The standard InChI is InChI=1S/C51H35NOS/c1-51(2)40-21-8-3-18-38(40)49-37(20-13-22-41(49)51)34-16-5-10-24-43(34)52(44-25-14-28-48-50(44)39-19-7-12-27-47(39)54-48)42-23-9-4-15-33(42)32-29-30-36-35-17-6-11-26-45(35)53-46(36)31-32/h3-31H,1-2H3. The van der Waals surface area contributed by atoms with Gasteiger partial charge in [-0.1, -0.05) is 141 Å². The predicted molar refractivity (Wildman–Crippen MR) is 230 cm³/mol. The maximum absolute atomic E-state index is 6.43. The largest absolute Gasteiger partial charge is 0.456 e. The van der Waals surface area contributed by atoms with E-state index in [-0.39, 0.29) is 5.41 Å². The Morgan fingerprint density at radius 1 is 0.444 bits per heavy atom. The second-order valence-electron chi connectivity index (χ2n) is 14.8. The number of para-hydroxylation sites is 3. The number of nitrogens with zero attached hydrogens (tertiary/aromatic N) is 1. The molecule has 11 rings (SSSR count). The highest BCUT2D eigenvalue weighted by molar-refractivity contribution is 7.26. The fraction of sp³-hybridized carbons (Fsp3) is 0.0588. The van der Waals surface area contributed by atoms with Crippen molar-refractivity contribution in [3.63, 3.8) is 0 Å². The molecule has 0 saturated heterocycles. The molecule has 8 aromatic carbocycles. The van der Waals surface area contributed by atoms with Crippen LogP contribution in [-0.2, 0) is 5.41 Å². The molecule has 2 nitrogen and oxygen atoms in total.